The number of aryl methyl sites for hydroxylation is 2. The highest BCUT2D eigenvalue weighted by molar-refractivity contribution is 6.23. The summed E-state index contributed by atoms with van der Waals surface area (Å²) in [5.74, 6) is 0.411. The van der Waals surface area contributed by atoms with Crippen molar-refractivity contribution in [3.05, 3.63) is 94.8 Å². The quantitative estimate of drug-likeness (QED) is 0.291. The van der Waals surface area contributed by atoms with Crippen molar-refractivity contribution in [3.8, 4) is 5.75 Å². The fourth-order valence-electron chi connectivity index (χ4n) is 3.85. The van der Waals surface area contributed by atoms with Crippen molar-refractivity contribution in [1.29, 1.82) is 0 Å². The van der Waals surface area contributed by atoms with Gasteiger partial charge in [-0.2, -0.15) is 0 Å². The number of amides is 1. The Morgan fingerprint density at radius 1 is 1.00 bits per heavy atom. The molecule has 0 saturated carbocycles. The lowest BCUT2D eigenvalue weighted by Crippen LogP contribution is -2.24. The van der Waals surface area contributed by atoms with Gasteiger partial charge in [-0.15, -0.1) is 0 Å². The predicted molar refractivity (Wildman–Crippen MR) is 136 cm³/mol. The summed E-state index contributed by atoms with van der Waals surface area (Å²) in [5.41, 5.74) is 5.55. The number of esters is 1. The largest absolute Gasteiger partial charge is 0.481 e. The van der Waals surface area contributed by atoms with Crippen molar-refractivity contribution in [2.24, 2.45) is 0 Å². The number of para-hydroxylation sites is 2. The van der Waals surface area contributed by atoms with E-state index in [4.69, 9.17) is 4.74 Å². The Morgan fingerprint density at radius 3 is 2.37 bits per heavy atom. The molecule has 2 N–H and O–H groups in total. The van der Waals surface area contributed by atoms with Gasteiger partial charge in [-0.05, 0) is 66.4 Å². The molecule has 0 bridgehead atoms. The molecule has 0 aliphatic carbocycles. The Morgan fingerprint density at radius 2 is 1.69 bits per heavy atom. The van der Waals surface area contributed by atoms with E-state index in [-0.39, 0.29) is 12.5 Å². The molecule has 0 radical (unpaired) electrons. The number of carbonyl (C=O) groups excluding carboxylic acids is 2. The minimum absolute atomic E-state index is 0.167. The van der Waals surface area contributed by atoms with Crippen LogP contribution in [0.5, 0.6) is 5.75 Å². The molecule has 4 rings (SSSR count). The number of aromatic nitrogens is 2. The average molecular weight is 470 g/mol. The Balaban J connectivity index is 1.68. The second kappa shape index (κ2) is 10.7. The van der Waals surface area contributed by atoms with Crippen LogP contribution in [-0.4, -0.2) is 35.6 Å². The number of nitrogens with zero attached hydrogens (tertiary/aromatic N) is 1. The van der Waals surface area contributed by atoms with Crippen molar-refractivity contribution in [1.82, 2.24) is 15.3 Å². The second-order valence-corrected chi connectivity index (χ2v) is 8.18. The van der Waals surface area contributed by atoms with Crippen LogP contribution < -0.4 is 10.1 Å². The Labute approximate surface area is 203 Å². The van der Waals surface area contributed by atoms with E-state index in [9.17, 15) is 9.59 Å². The van der Waals surface area contributed by atoms with E-state index in [1.165, 1.54) is 7.11 Å². The van der Waals surface area contributed by atoms with Crippen LogP contribution in [0.3, 0.4) is 0 Å². The number of hydrogen-bond acceptors (Lipinski definition) is 5. The van der Waals surface area contributed by atoms with Gasteiger partial charge >= 0.3 is 5.97 Å². The summed E-state index contributed by atoms with van der Waals surface area (Å²) in [6.07, 6.45) is 1.81. The van der Waals surface area contributed by atoms with Crippen LogP contribution in [-0.2, 0) is 20.9 Å². The molecule has 0 unspecified atom stereocenters. The molecule has 0 atom stereocenters. The Kier molecular flexibility index (Phi) is 7.26. The maximum Gasteiger partial charge on any atom is 0.343 e. The number of fused-ring (bicyclic) bond motifs is 1. The Hall–Kier alpha value is -4.39. The fraction of sp³-hybridized carbons (Fsp3) is 0.179. The predicted octanol–water partition coefficient (Wildman–Crippen LogP) is 4.59. The maximum atomic E-state index is 13.3. The molecular weight excluding hydrogens is 442 g/mol. The highest BCUT2D eigenvalue weighted by Gasteiger charge is 2.17. The van der Waals surface area contributed by atoms with Crippen molar-refractivity contribution < 1.29 is 19.1 Å². The summed E-state index contributed by atoms with van der Waals surface area (Å²) in [7, 11) is 1.32. The number of aromatic amines is 1. The summed E-state index contributed by atoms with van der Waals surface area (Å²) >= 11 is 0. The van der Waals surface area contributed by atoms with Crippen molar-refractivity contribution in [3.63, 3.8) is 0 Å². The zero-order chi connectivity index (χ0) is 24.8. The zero-order valence-corrected chi connectivity index (χ0v) is 19.9. The summed E-state index contributed by atoms with van der Waals surface area (Å²) in [5, 5.41) is 3.00. The molecule has 0 saturated heterocycles. The first-order chi connectivity index (χ1) is 16.9. The van der Waals surface area contributed by atoms with Crippen molar-refractivity contribution >= 4 is 34.6 Å². The fourth-order valence-corrected chi connectivity index (χ4v) is 3.85. The van der Waals surface area contributed by atoms with Crippen LogP contribution in [0.2, 0.25) is 0 Å². The number of ether oxygens (including phenoxy) is 2. The molecule has 3 aromatic carbocycles. The molecule has 178 valence electrons. The summed E-state index contributed by atoms with van der Waals surface area (Å²) in [4.78, 5) is 32.7. The number of methoxy groups -OCH3 is 1. The smallest absolute Gasteiger partial charge is 0.343 e. The van der Waals surface area contributed by atoms with Gasteiger partial charge in [0.05, 0.1) is 23.7 Å². The first-order valence-electron chi connectivity index (χ1n) is 11.2. The molecule has 35 heavy (non-hydrogen) atoms. The minimum Gasteiger partial charge on any atom is -0.481 e. The third kappa shape index (κ3) is 5.76. The highest BCUT2D eigenvalue weighted by atomic mass is 16.6. The van der Waals surface area contributed by atoms with Gasteiger partial charge in [-0.3, -0.25) is 4.79 Å². The number of hydrogen-bond donors (Lipinski definition) is 2. The number of benzene rings is 3. The first-order valence-corrected chi connectivity index (χ1v) is 11.2. The van der Waals surface area contributed by atoms with Gasteiger partial charge in [0, 0.05) is 6.54 Å². The number of H-pyrrole nitrogens is 1. The van der Waals surface area contributed by atoms with Gasteiger partial charge in [0.2, 0.25) is 0 Å². The van der Waals surface area contributed by atoms with Gasteiger partial charge in [0.1, 0.15) is 11.6 Å². The molecule has 0 aliphatic rings. The second-order valence-electron chi connectivity index (χ2n) is 8.18. The summed E-state index contributed by atoms with van der Waals surface area (Å²) < 4.78 is 10.3. The molecule has 4 aromatic rings. The molecule has 7 nitrogen and oxygen atoms in total. The van der Waals surface area contributed by atoms with E-state index < -0.39 is 5.97 Å². The molecule has 1 amide bonds. The van der Waals surface area contributed by atoms with Crippen LogP contribution in [0.25, 0.3) is 22.7 Å². The lowest BCUT2D eigenvalue weighted by atomic mass is 10.0. The Bertz CT molecular complexity index is 1330. The van der Waals surface area contributed by atoms with E-state index in [2.05, 4.69) is 20.0 Å². The number of rotatable bonds is 8. The molecule has 1 heterocycles. The van der Waals surface area contributed by atoms with Crippen molar-refractivity contribution in [2.75, 3.05) is 13.7 Å². The molecule has 7 heteroatoms. The lowest BCUT2D eigenvalue weighted by molar-refractivity contribution is -0.142. The average Bonchev–Trinajstić information content (AvgIpc) is 3.29. The van der Waals surface area contributed by atoms with E-state index in [0.29, 0.717) is 23.7 Å². The summed E-state index contributed by atoms with van der Waals surface area (Å²) in [6.45, 7) is 4.02. The van der Waals surface area contributed by atoms with E-state index in [1.54, 1.807) is 0 Å². The number of imidazole rings is 1. The van der Waals surface area contributed by atoms with Gasteiger partial charge in [0.15, 0.2) is 6.61 Å². The van der Waals surface area contributed by atoms with Gasteiger partial charge < -0.3 is 19.8 Å². The van der Waals surface area contributed by atoms with E-state index in [1.807, 2.05) is 86.7 Å². The zero-order valence-electron chi connectivity index (χ0n) is 19.9. The molecule has 0 aliphatic heterocycles. The molecule has 1 aromatic heterocycles. The number of carbonyl (C=O) groups is 2. The SMILES string of the molecule is COC(=O)COc1c(C)cc(C=C(C(=O)NCc2ccccc2)c2nc3ccccc3[nH]2)cc1C. The monoisotopic (exact) mass is 469 g/mol. The minimum atomic E-state index is -0.449. The van der Waals surface area contributed by atoms with Gasteiger partial charge in [-0.1, -0.05) is 42.5 Å². The molecular formula is C28H27N3O4. The van der Waals surface area contributed by atoms with Gasteiger partial charge in [0.25, 0.3) is 5.91 Å². The van der Waals surface area contributed by atoms with E-state index >= 15 is 0 Å². The maximum absolute atomic E-state index is 13.3. The van der Waals surface area contributed by atoms with Crippen LogP contribution in [0.15, 0.2) is 66.7 Å². The highest BCUT2D eigenvalue weighted by Crippen LogP contribution is 2.28. The third-order valence-electron chi connectivity index (χ3n) is 5.54. The van der Waals surface area contributed by atoms with Crippen molar-refractivity contribution in [2.45, 2.75) is 20.4 Å². The van der Waals surface area contributed by atoms with Crippen LogP contribution in [0.1, 0.15) is 28.1 Å². The normalized spacial score (nSPS) is 11.3. The molecule has 0 fully saturated rings. The van der Waals surface area contributed by atoms with Crippen LogP contribution >= 0.6 is 0 Å². The third-order valence-corrected chi connectivity index (χ3v) is 5.54. The standard InChI is InChI=1S/C28H27N3O4/c1-18-13-21(14-19(2)26(18)35-17-25(32)34-3)15-22(27-30-23-11-7-8-12-24(23)31-27)28(33)29-16-20-9-5-4-6-10-20/h4-15H,16-17H2,1-3H3,(H,29,33)(H,30,31). The lowest BCUT2D eigenvalue weighted by Gasteiger charge is -2.13. The van der Waals surface area contributed by atoms with Crippen LogP contribution in [0.4, 0.5) is 0 Å². The van der Waals surface area contributed by atoms with Gasteiger partial charge in [-0.25, -0.2) is 9.78 Å². The number of nitrogens with one attached hydrogen (secondary N) is 2. The first kappa shape index (κ1) is 23.8. The molecule has 0 spiro atoms. The summed E-state index contributed by atoms with van der Waals surface area (Å²) in [6, 6.07) is 21.2. The van der Waals surface area contributed by atoms with Crippen LogP contribution in [0, 0.1) is 13.8 Å². The van der Waals surface area contributed by atoms with E-state index in [0.717, 1.165) is 33.3 Å². The topological polar surface area (TPSA) is 93.3 Å².